The molecule has 104 valence electrons. The summed E-state index contributed by atoms with van der Waals surface area (Å²) in [4.78, 5) is 18.5. The van der Waals surface area contributed by atoms with E-state index in [2.05, 4.69) is 10.3 Å². The monoisotopic (exact) mass is 270 g/mol. The van der Waals surface area contributed by atoms with Gasteiger partial charge in [0.1, 0.15) is 11.9 Å². The number of fused-ring (bicyclic) bond motifs is 1. The third-order valence-corrected chi connectivity index (χ3v) is 3.80. The Balaban J connectivity index is 2.09. The Bertz CT molecular complexity index is 655. The minimum atomic E-state index is -0.206. The number of para-hydroxylation sites is 1. The number of piperazine rings is 1. The molecule has 20 heavy (non-hydrogen) atoms. The van der Waals surface area contributed by atoms with Gasteiger partial charge in [-0.25, -0.2) is 4.98 Å². The van der Waals surface area contributed by atoms with E-state index in [4.69, 9.17) is 5.73 Å². The molecule has 5 nitrogen and oxygen atoms in total. The number of hydrogen-bond acceptors (Lipinski definition) is 4. The van der Waals surface area contributed by atoms with Crippen LogP contribution in [0.5, 0.6) is 0 Å². The lowest BCUT2D eigenvalue weighted by atomic mass is 10.1. The van der Waals surface area contributed by atoms with Crippen LogP contribution in [0.2, 0.25) is 0 Å². The predicted molar refractivity (Wildman–Crippen MR) is 79.5 cm³/mol. The van der Waals surface area contributed by atoms with Crippen LogP contribution in [0.15, 0.2) is 30.3 Å². The number of amides is 1. The van der Waals surface area contributed by atoms with E-state index in [1.807, 2.05) is 42.2 Å². The summed E-state index contributed by atoms with van der Waals surface area (Å²) in [7, 11) is 0. The summed E-state index contributed by atoms with van der Waals surface area (Å²) in [6.07, 6.45) is 0. The standard InChI is InChI=1S/C15H18N4O/c1-10-15(20)17-6-7-19(10)14-8-11(9-16)12-4-2-3-5-13(12)18-14/h2-5,8,10H,6-7,9,16H2,1H3,(H,17,20). The number of pyridine rings is 1. The van der Waals surface area contributed by atoms with Crippen LogP contribution in [0.3, 0.4) is 0 Å². The molecule has 3 N–H and O–H groups in total. The first-order chi connectivity index (χ1) is 9.70. The number of anilines is 1. The fraction of sp³-hybridized carbons (Fsp3) is 0.333. The van der Waals surface area contributed by atoms with Crippen molar-refractivity contribution in [3.63, 3.8) is 0 Å². The SMILES string of the molecule is CC1C(=O)NCCN1c1cc(CN)c2ccccc2n1. The number of benzene rings is 1. The van der Waals surface area contributed by atoms with Crippen LogP contribution in [-0.2, 0) is 11.3 Å². The van der Waals surface area contributed by atoms with Gasteiger partial charge in [-0.2, -0.15) is 0 Å². The molecule has 1 saturated heterocycles. The second-order valence-electron chi connectivity index (χ2n) is 5.02. The molecule has 1 aromatic carbocycles. The van der Waals surface area contributed by atoms with E-state index in [1.54, 1.807) is 0 Å². The molecule has 0 radical (unpaired) electrons. The summed E-state index contributed by atoms with van der Waals surface area (Å²) in [6, 6.07) is 9.75. The number of carbonyl (C=O) groups is 1. The molecule has 1 aliphatic rings. The van der Waals surface area contributed by atoms with Crippen LogP contribution in [0.4, 0.5) is 5.82 Å². The molecule has 0 aliphatic carbocycles. The van der Waals surface area contributed by atoms with Gasteiger partial charge in [0.2, 0.25) is 5.91 Å². The van der Waals surface area contributed by atoms with Crippen LogP contribution in [-0.4, -0.2) is 30.0 Å². The van der Waals surface area contributed by atoms with Crippen molar-refractivity contribution in [2.75, 3.05) is 18.0 Å². The number of nitrogens with two attached hydrogens (primary N) is 1. The highest BCUT2D eigenvalue weighted by Gasteiger charge is 2.26. The quantitative estimate of drug-likeness (QED) is 0.854. The summed E-state index contributed by atoms with van der Waals surface area (Å²) in [5, 5.41) is 3.94. The topological polar surface area (TPSA) is 71.2 Å². The Morgan fingerprint density at radius 1 is 1.45 bits per heavy atom. The molecule has 1 aliphatic heterocycles. The largest absolute Gasteiger partial charge is 0.353 e. The van der Waals surface area contributed by atoms with E-state index in [-0.39, 0.29) is 11.9 Å². The predicted octanol–water partition coefficient (Wildman–Crippen LogP) is 1.02. The van der Waals surface area contributed by atoms with Crippen LogP contribution in [0, 0.1) is 0 Å². The van der Waals surface area contributed by atoms with Crippen LogP contribution < -0.4 is 16.0 Å². The van der Waals surface area contributed by atoms with Crippen molar-refractivity contribution in [2.24, 2.45) is 5.73 Å². The number of hydrogen-bond donors (Lipinski definition) is 2. The maximum atomic E-state index is 11.8. The Morgan fingerprint density at radius 3 is 3.05 bits per heavy atom. The van der Waals surface area contributed by atoms with Crippen molar-refractivity contribution in [1.29, 1.82) is 0 Å². The maximum absolute atomic E-state index is 11.8. The summed E-state index contributed by atoms with van der Waals surface area (Å²) in [5.74, 6) is 0.868. The zero-order valence-electron chi connectivity index (χ0n) is 11.5. The molecular weight excluding hydrogens is 252 g/mol. The van der Waals surface area contributed by atoms with E-state index >= 15 is 0 Å². The van der Waals surface area contributed by atoms with Gasteiger partial charge in [0.05, 0.1) is 5.52 Å². The maximum Gasteiger partial charge on any atom is 0.242 e. The molecule has 1 unspecified atom stereocenters. The minimum Gasteiger partial charge on any atom is -0.353 e. The zero-order chi connectivity index (χ0) is 14.1. The smallest absolute Gasteiger partial charge is 0.242 e. The first kappa shape index (κ1) is 12.9. The highest BCUT2D eigenvalue weighted by molar-refractivity contribution is 5.88. The summed E-state index contributed by atoms with van der Waals surface area (Å²) in [6.45, 7) is 3.77. The molecule has 0 spiro atoms. The van der Waals surface area contributed by atoms with Crippen molar-refractivity contribution >= 4 is 22.6 Å². The fourth-order valence-corrected chi connectivity index (χ4v) is 2.64. The van der Waals surface area contributed by atoms with Gasteiger partial charge in [0.15, 0.2) is 0 Å². The average molecular weight is 270 g/mol. The number of rotatable bonds is 2. The van der Waals surface area contributed by atoms with Gasteiger partial charge < -0.3 is 16.0 Å². The van der Waals surface area contributed by atoms with Crippen LogP contribution in [0.1, 0.15) is 12.5 Å². The van der Waals surface area contributed by atoms with E-state index < -0.39 is 0 Å². The molecule has 0 bridgehead atoms. The van der Waals surface area contributed by atoms with Gasteiger partial charge in [0, 0.05) is 25.0 Å². The molecule has 2 aromatic rings. The summed E-state index contributed by atoms with van der Waals surface area (Å²) < 4.78 is 0. The molecule has 1 fully saturated rings. The third kappa shape index (κ3) is 2.10. The number of nitrogens with zero attached hydrogens (tertiary/aromatic N) is 2. The van der Waals surface area contributed by atoms with Crippen molar-refractivity contribution in [1.82, 2.24) is 10.3 Å². The average Bonchev–Trinajstić information content (AvgIpc) is 2.49. The molecular formula is C15H18N4O. The summed E-state index contributed by atoms with van der Waals surface area (Å²) >= 11 is 0. The molecule has 3 rings (SSSR count). The lowest BCUT2D eigenvalue weighted by Gasteiger charge is -2.34. The van der Waals surface area contributed by atoms with E-state index in [0.717, 1.165) is 28.8 Å². The van der Waals surface area contributed by atoms with Gasteiger partial charge in [-0.05, 0) is 24.6 Å². The third-order valence-electron chi connectivity index (χ3n) is 3.80. The lowest BCUT2D eigenvalue weighted by Crippen LogP contribution is -2.54. The Kier molecular flexibility index (Phi) is 3.28. The molecule has 2 heterocycles. The van der Waals surface area contributed by atoms with E-state index in [1.165, 1.54) is 0 Å². The zero-order valence-corrected chi connectivity index (χ0v) is 11.5. The molecule has 1 aromatic heterocycles. The van der Waals surface area contributed by atoms with E-state index in [9.17, 15) is 4.79 Å². The van der Waals surface area contributed by atoms with Crippen molar-refractivity contribution in [3.8, 4) is 0 Å². The highest BCUT2D eigenvalue weighted by Crippen LogP contribution is 2.24. The molecule has 0 saturated carbocycles. The second-order valence-corrected chi connectivity index (χ2v) is 5.02. The van der Waals surface area contributed by atoms with Gasteiger partial charge in [-0.1, -0.05) is 18.2 Å². The van der Waals surface area contributed by atoms with Gasteiger partial charge in [0.25, 0.3) is 0 Å². The minimum absolute atomic E-state index is 0.0421. The summed E-state index contributed by atoms with van der Waals surface area (Å²) in [5.41, 5.74) is 7.83. The normalized spacial score (nSPS) is 19.2. The molecule has 1 atom stereocenters. The first-order valence-electron chi connectivity index (χ1n) is 6.84. The Morgan fingerprint density at radius 2 is 2.25 bits per heavy atom. The number of carbonyl (C=O) groups excluding carboxylic acids is 1. The number of nitrogens with one attached hydrogen (secondary N) is 1. The second kappa shape index (κ2) is 5.09. The Hall–Kier alpha value is -2.14. The van der Waals surface area contributed by atoms with Gasteiger partial charge in [-0.3, -0.25) is 4.79 Å². The first-order valence-corrected chi connectivity index (χ1v) is 6.84. The van der Waals surface area contributed by atoms with Crippen molar-refractivity contribution in [2.45, 2.75) is 19.5 Å². The number of aromatic nitrogens is 1. The van der Waals surface area contributed by atoms with Crippen molar-refractivity contribution in [3.05, 3.63) is 35.9 Å². The van der Waals surface area contributed by atoms with Crippen molar-refractivity contribution < 1.29 is 4.79 Å². The van der Waals surface area contributed by atoms with E-state index in [0.29, 0.717) is 13.1 Å². The van der Waals surface area contributed by atoms with Crippen LogP contribution >= 0.6 is 0 Å². The highest BCUT2D eigenvalue weighted by atomic mass is 16.2. The van der Waals surface area contributed by atoms with Crippen LogP contribution in [0.25, 0.3) is 10.9 Å². The molecule has 1 amide bonds. The fourth-order valence-electron chi connectivity index (χ4n) is 2.64. The Labute approximate surface area is 117 Å². The van der Waals surface area contributed by atoms with Gasteiger partial charge in [-0.15, -0.1) is 0 Å². The lowest BCUT2D eigenvalue weighted by molar-refractivity contribution is -0.122. The van der Waals surface area contributed by atoms with Gasteiger partial charge >= 0.3 is 0 Å². The molecule has 5 heteroatoms.